The molecule has 28 heavy (non-hydrogen) atoms. The summed E-state index contributed by atoms with van der Waals surface area (Å²) in [4.78, 5) is 35.0. The average Bonchev–Trinajstić information content (AvgIpc) is 2.67. The molecule has 0 bridgehead atoms. The Morgan fingerprint density at radius 2 is 1.89 bits per heavy atom. The predicted molar refractivity (Wildman–Crippen MR) is 106 cm³/mol. The summed E-state index contributed by atoms with van der Waals surface area (Å²) in [5.41, 5.74) is 6.66. The number of anilines is 2. The Morgan fingerprint density at radius 3 is 2.54 bits per heavy atom. The van der Waals surface area contributed by atoms with E-state index in [9.17, 15) is 19.7 Å². The van der Waals surface area contributed by atoms with Gasteiger partial charge in [0.25, 0.3) is 11.6 Å². The summed E-state index contributed by atoms with van der Waals surface area (Å²) in [6.45, 7) is 5.55. The number of amides is 1. The van der Waals surface area contributed by atoms with Crippen LogP contribution >= 0.6 is 0 Å². The average molecular weight is 385 g/mol. The molecule has 0 aliphatic heterocycles. The Morgan fingerprint density at radius 1 is 1.21 bits per heavy atom. The number of ether oxygens (including phenoxy) is 1. The van der Waals surface area contributed by atoms with Crippen molar-refractivity contribution in [1.82, 2.24) is 0 Å². The Balaban J connectivity index is 2.10. The number of nitro benzene ring substituents is 1. The second kappa shape index (κ2) is 8.98. The number of nitrogens with one attached hydrogen (secondary N) is 1. The number of esters is 1. The van der Waals surface area contributed by atoms with E-state index in [4.69, 9.17) is 10.5 Å². The van der Waals surface area contributed by atoms with E-state index in [2.05, 4.69) is 19.2 Å². The van der Waals surface area contributed by atoms with Crippen LogP contribution in [-0.4, -0.2) is 22.9 Å². The first-order chi connectivity index (χ1) is 13.2. The standard InChI is InChI=1S/C20H23N3O5/c1-4-12(2)15-7-5-6-8-17(15)22-19(24)13(3)28-20(25)14-9-10-16(21)18(11-14)23(26)27/h5-13H,4,21H2,1-3H3,(H,22,24)/t12-,13+/m1/s1. The highest BCUT2D eigenvalue weighted by Gasteiger charge is 2.22. The van der Waals surface area contributed by atoms with Gasteiger partial charge in [-0.3, -0.25) is 14.9 Å². The third-order valence-electron chi connectivity index (χ3n) is 4.48. The van der Waals surface area contributed by atoms with E-state index < -0.39 is 28.6 Å². The molecule has 0 spiro atoms. The summed E-state index contributed by atoms with van der Waals surface area (Å²) in [5, 5.41) is 13.7. The lowest BCUT2D eigenvalue weighted by Gasteiger charge is -2.18. The molecule has 0 saturated heterocycles. The molecule has 1 amide bonds. The quantitative estimate of drug-likeness (QED) is 0.322. The van der Waals surface area contributed by atoms with Crippen LogP contribution in [0.3, 0.4) is 0 Å². The number of carbonyl (C=O) groups excluding carboxylic acids is 2. The third kappa shape index (κ3) is 4.85. The summed E-state index contributed by atoms with van der Waals surface area (Å²) in [6, 6.07) is 11.0. The van der Waals surface area contributed by atoms with Crippen molar-refractivity contribution in [2.24, 2.45) is 0 Å². The number of nitrogen functional groups attached to an aromatic ring is 1. The van der Waals surface area contributed by atoms with Crippen molar-refractivity contribution in [3.63, 3.8) is 0 Å². The number of para-hydroxylation sites is 1. The van der Waals surface area contributed by atoms with E-state index in [1.165, 1.54) is 19.1 Å². The Labute approximate surface area is 162 Å². The fourth-order valence-electron chi connectivity index (χ4n) is 2.61. The minimum Gasteiger partial charge on any atom is -0.449 e. The second-order valence-electron chi connectivity index (χ2n) is 6.46. The fraction of sp³-hybridized carbons (Fsp3) is 0.300. The number of hydrogen-bond donors (Lipinski definition) is 2. The van der Waals surface area contributed by atoms with Gasteiger partial charge in [-0.25, -0.2) is 4.79 Å². The number of hydrogen-bond acceptors (Lipinski definition) is 6. The van der Waals surface area contributed by atoms with Crippen LogP contribution in [0.5, 0.6) is 0 Å². The van der Waals surface area contributed by atoms with Crippen molar-refractivity contribution in [3.8, 4) is 0 Å². The minimum absolute atomic E-state index is 0.0550. The second-order valence-corrected chi connectivity index (χ2v) is 6.46. The van der Waals surface area contributed by atoms with E-state index in [-0.39, 0.29) is 17.2 Å². The van der Waals surface area contributed by atoms with Gasteiger partial charge < -0.3 is 15.8 Å². The molecule has 0 radical (unpaired) electrons. The highest BCUT2D eigenvalue weighted by atomic mass is 16.6. The fourth-order valence-corrected chi connectivity index (χ4v) is 2.61. The van der Waals surface area contributed by atoms with Crippen molar-refractivity contribution in [2.45, 2.75) is 39.2 Å². The molecule has 2 aromatic rings. The van der Waals surface area contributed by atoms with Crippen molar-refractivity contribution >= 4 is 28.9 Å². The maximum atomic E-state index is 12.5. The molecule has 8 nitrogen and oxygen atoms in total. The van der Waals surface area contributed by atoms with Crippen LogP contribution in [0.1, 0.15) is 49.0 Å². The first-order valence-corrected chi connectivity index (χ1v) is 8.89. The first kappa shape index (κ1) is 20.9. The van der Waals surface area contributed by atoms with Gasteiger partial charge in [-0.2, -0.15) is 0 Å². The van der Waals surface area contributed by atoms with Crippen LogP contribution in [0, 0.1) is 10.1 Å². The highest BCUT2D eigenvalue weighted by Crippen LogP contribution is 2.27. The summed E-state index contributed by atoms with van der Waals surface area (Å²) < 4.78 is 5.16. The van der Waals surface area contributed by atoms with E-state index in [0.29, 0.717) is 5.69 Å². The van der Waals surface area contributed by atoms with Crippen molar-refractivity contribution in [1.29, 1.82) is 0 Å². The molecule has 2 atom stereocenters. The Bertz CT molecular complexity index is 897. The van der Waals surface area contributed by atoms with E-state index in [1.54, 1.807) is 6.07 Å². The molecule has 0 saturated carbocycles. The lowest BCUT2D eigenvalue weighted by molar-refractivity contribution is -0.383. The SMILES string of the molecule is CC[C@@H](C)c1ccccc1NC(=O)[C@H](C)OC(=O)c1ccc(N)c([N+](=O)[O-])c1. The predicted octanol–water partition coefficient (Wildman–Crippen LogP) is 3.87. The van der Waals surface area contributed by atoms with Crippen LogP contribution in [0.4, 0.5) is 17.1 Å². The maximum absolute atomic E-state index is 12.5. The number of rotatable bonds is 7. The summed E-state index contributed by atoms with van der Waals surface area (Å²) in [7, 11) is 0. The van der Waals surface area contributed by atoms with Crippen LogP contribution in [0.25, 0.3) is 0 Å². The normalized spacial score (nSPS) is 12.7. The molecule has 0 heterocycles. The summed E-state index contributed by atoms with van der Waals surface area (Å²) >= 11 is 0. The van der Waals surface area contributed by atoms with Crippen LogP contribution in [0.15, 0.2) is 42.5 Å². The van der Waals surface area contributed by atoms with Crippen molar-refractivity contribution in [2.75, 3.05) is 11.1 Å². The van der Waals surface area contributed by atoms with Gasteiger partial charge in [-0.1, -0.05) is 32.0 Å². The van der Waals surface area contributed by atoms with Gasteiger partial charge in [-0.05, 0) is 43.0 Å². The van der Waals surface area contributed by atoms with E-state index in [0.717, 1.165) is 18.1 Å². The van der Waals surface area contributed by atoms with E-state index in [1.807, 2.05) is 18.2 Å². The zero-order valence-electron chi connectivity index (χ0n) is 16.0. The van der Waals surface area contributed by atoms with Gasteiger partial charge in [0.15, 0.2) is 6.10 Å². The number of nitrogens with zero attached hydrogens (tertiary/aromatic N) is 1. The zero-order chi connectivity index (χ0) is 20.8. The van der Waals surface area contributed by atoms with Crippen LogP contribution in [-0.2, 0) is 9.53 Å². The molecule has 8 heteroatoms. The molecule has 2 aromatic carbocycles. The van der Waals surface area contributed by atoms with Crippen LogP contribution in [0.2, 0.25) is 0 Å². The molecule has 2 rings (SSSR count). The lowest BCUT2D eigenvalue weighted by Crippen LogP contribution is -2.30. The summed E-state index contributed by atoms with van der Waals surface area (Å²) in [5.74, 6) is -1.08. The van der Waals surface area contributed by atoms with Crippen LogP contribution < -0.4 is 11.1 Å². The van der Waals surface area contributed by atoms with Gasteiger partial charge in [0, 0.05) is 11.8 Å². The molecular weight excluding hydrogens is 362 g/mol. The molecule has 3 N–H and O–H groups in total. The highest BCUT2D eigenvalue weighted by molar-refractivity contribution is 5.98. The molecule has 0 aliphatic carbocycles. The number of carbonyl (C=O) groups is 2. The Hall–Kier alpha value is -3.42. The third-order valence-corrected chi connectivity index (χ3v) is 4.48. The summed E-state index contributed by atoms with van der Waals surface area (Å²) in [6.07, 6.45) is -0.179. The molecule has 0 fully saturated rings. The molecule has 0 aromatic heterocycles. The molecule has 148 valence electrons. The van der Waals surface area contributed by atoms with Gasteiger partial charge in [0.2, 0.25) is 0 Å². The largest absolute Gasteiger partial charge is 0.449 e. The Kier molecular flexibility index (Phi) is 6.70. The van der Waals surface area contributed by atoms with E-state index >= 15 is 0 Å². The molecular formula is C20H23N3O5. The zero-order valence-corrected chi connectivity index (χ0v) is 16.0. The molecule has 0 aliphatic rings. The van der Waals surface area contributed by atoms with Crippen molar-refractivity contribution < 1.29 is 19.2 Å². The lowest BCUT2D eigenvalue weighted by atomic mass is 9.97. The van der Waals surface area contributed by atoms with Gasteiger partial charge in [0.1, 0.15) is 5.69 Å². The number of nitro groups is 1. The molecule has 0 unspecified atom stereocenters. The van der Waals surface area contributed by atoms with Gasteiger partial charge in [-0.15, -0.1) is 0 Å². The first-order valence-electron chi connectivity index (χ1n) is 8.89. The minimum atomic E-state index is -1.09. The topological polar surface area (TPSA) is 125 Å². The smallest absolute Gasteiger partial charge is 0.339 e. The van der Waals surface area contributed by atoms with Gasteiger partial charge in [0.05, 0.1) is 10.5 Å². The number of benzene rings is 2. The van der Waals surface area contributed by atoms with Crippen molar-refractivity contribution in [3.05, 3.63) is 63.7 Å². The number of nitrogens with two attached hydrogens (primary N) is 1. The van der Waals surface area contributed by atoms with Gasteiger partial charge >= 0.3 is 5.97 Å². The monoisotopic (exact) mass is 385 g/mol. The maximum Gasteiger partial charge on any atom is 0.339 e.